The van der Waals surface area contributed by atoms with Gasteiger partial charge in [-0.05, 0) is 12.8 Å². The molecule has 0 unspecified atom stereocenters. The zero-order valence-corrected chi connectivity index (χ0v) is 30.7. The molecule has 0 atom stereocenters. The van der Waals surface area contributed by atoms with E-state index >= 15 is 0 Å². The Bertz CT molecular complexity index is 710. The Morgan fingerprint density at radius 2 is 0.854 bits per heavy atom. The Hall–Kier alpha value is 0.310. The molecule has 1 aromatic rings. The number of rotatable bonds is 27. The second-order valence-electron chi connectivity index (χ2n) is 11.1. The Morgan fingerprint density at radius 1 is 0.537 bits per heavy atom. The summed E-state index contributed by atoms with van der Waals surface area (Å²) < 4.78 is 36.8. The van der Waals surface area contributed by atoms with Gasteiger partial charge in [-0.1, -0.05) is 155 Å². The first kappa shape index (κ1) is 45.7. The molecule has 8 heteroatoms. The van der Waals surface area contributed by atoms with Gasteiger partial charge in [0.1, 0.15) is 6.54 Å². The van der Waals surface area contributed by atoms with E-state index in [-0.39, 0.29) is 48.6 Å². The predicted molar refractivity (Wildman–Crippen MR) is 164 cm³/mol. The first-order valence-corrected chi connectivity index (χ1v) is 17.9. The first-order chi connectivity index (χ1) is 19.0. The van der Waals surface area contributed by atoms with Crippen molar-refractivity contribution < 1.29 is 63.7 Å². The van der Waals surface area contributed by atoms with Gasteiger partial charge in [-0.15, -0.1) is 0 Å². The van der Waals surface area contributed by atoms with Gasteiger partial charge in [-0.25, -0.2) is 13.0 Å². The van der Waals surface area contributed by atoms with E-state index in [4.69, 9.17) is 0 Å². The molecule has 1 aromatic heterocycles. The number of hydrogen-bond donors (Lipinski definition) is 0. The maximum atomic E-state index is 10.1. The van der Waals surface area contributed by atoms with Crippen LogP contribution >= 0.6 is 0 Å². The maximum Gasteiger partial charge on any atom is 1.00 e. The summed E-state index contributed by atoms with van der Waals surface area (Å²) in [5.74, 6) is 0. The molecule has 0 saturated carbocycles. The Kier molecular flexibility index (Phi) is 40.7. The van der Waals surface area contributed by atoms with Crippen LogP contribution < -0.4 is 46.5 Å². The van der Waals surface area contributed by atoms with Crippen molar-refractivity contribution in [3.05, 3.63) is 30.6 Å². The molecule has 0 fully saturated rings. The van der Waals surface area contributed by atoms with E-state index in [9.17, 15) is 13.0 Å². The summed E-state index contributed by atoms with van der Waals surface area (Å²) in [5, 5.41) is 0. The minimum absolute atomic E-state index is 0. The molecule has 0 aliphatic heterocycles. The predicted octanol–water partition coefficient (Wildman–Crippen LogP) is 3.85. The fraction of sp³-hybridized carbons (Fsp3) is 0.848. The average Bonchev–Trinajstić information content (AvgIpc) is 2.92. The minimum Gasteiger partial charge on any atom is -1.00 e. The fourth-order valence-electron chi connectivity index (χ4n) is 4.82. The van der Waals surface area contributed by atoms with Crippen LogP contribution in [0.25, 0.3) is 0 Å². The van der Waals surface area contributed by atoms with Crippen LogP contribution in [0.1, 0.15) is 168 Å². The van der Waals surface area contributed by atoms with Crippen LogP contribution in [0.5, 0.6) is 0 Å². The molecule has 0 amide bonds. The maximum absolute atomic E-state index is 10.1. The number of aryl methyl sites for hydroxylation is 1. The summed E-state index contributed by atoms with van der Waals surface area (Å²) in [6, 6.07) is 6.31. The number of hydrogen-bond acceptors (Lipinski definition) is 4. The molecule has 0 aliphatic carbocycles. The van der Waals surface area contributed by atoms with Crippen molar-refractivity contribution in [1.29, 1.82) is 0 Å². The van der Waals surface area contributed by atoms with Gasteiger partial charge < -0.3 is 17.0 Å². The van der Waals surface area contributed by atoms with Crippen molar-refractivity contribution in [2.75, 3.05) is 6.61 Å². The molecular formula is C33H63ClNNaO4S. The summed E-state index contributed by atoms with van der Waals surface area (Å²) in [7, 11) is -4.48. The number of nitrogens with zero attached hydrogens (tertiary/aromatic N) is 1. The second kappa shape index (κ2) is 36.5. The first-order valence-electron chi connectivity index (χ1n) is 16.5. The molecule has 0 saturated heterocycles. The second-order valence-corrected chi connectivity index (χ2v) is 12.2. The number of halogens is 1. The third-order valence-electron chi connectivity index (χ3n) is 7.27. The van der Waals surface area contributed by atoms with Gasteiger partial charge in [0, 0.05) is 18.6 Å². The number of pyridine rings is 1. The van der Waals surface area contributed by atoms with Gasteiger partial charge in [-0.2, -0.15) is 0 Å². The molecule has 1 rings (SSSR count). The van der Waals surface area contributed by atoms with Crippen molar-refractivity contribution in [2.45, 2.75) is 174 Å². The molecule has 1 heterocycles. The van der Waals surface area contributed by atoms with E-state index in [1.165, 1.54) is 141 Å². The molecule has 5 nitrogen and oxygen atoms in total. The van der Waals surface area contributed by atoms with Crippen LogP contribution in [0.15, 0.2) is 30.6 Å². The van der Waals surface area contributed by atoms with Gasteiger partial charge in [0.15, 0.2) is 12.4 Å². The van der Waals surface area contributed by atoms with Gasteiger partial charge in [-0.3, -0.25) is 4.18 Å². The molecule has 41 heavy (non-hydrogen) atoms. The third kappa shape index (κ3) is 40.3. The smallest absolute Gasteiger partial charge is 1.00 e. The monoisotopic (exact) mass is 627 g/mol. The van der Waals surface area contributed by atoms with E-state index in [1.54, 1.807) is 0 Å². The zero-order chi connectivity index (χ0) is 28.7. The van der Waals surface area contributed by atoms with Gasteiger partial charge in [0.05, 0.1) is 6.61 Å². The largest absolute Gasteiger partial charge is 1.00 e. The summed E-state index contributed by atoms with van der Waals surface area (Å²) in [5.41, 5.74) is 0. The third-order valence-corrected chi connectivity index (χ3v) is 7.73. The van der Waals surface area contributed by atoms with Crippen LogP contribution in [0.3, 0.4) is 0 Å². The molecule has 0 bridgehead atoms. The molecule has 0 aliphatic rings. The number of aromatic nitrogens is 1. The van der Waals surface area contributed by atoms with Gasteiger partial charge in [0.25, 0.3) is 0 Å². The van der Waals surface area contributed by atoms with Crippen LogP contribution in [0.2, 0.25) is 0 Å². The van der Waals surface area contributed by atoms with Crippen LogP contribution in [0, 0.1) is 0 Å². The summed E-state index contributed by atoms with van der Waals surface area (Å²) in [6.07, 6.45) is 36.1. The van der Waals surface area contributed by atoms with Crippen molar-refractivity contribution in [3.8, 4) is 0 Å². The Balaban J connectivity index is -0.000000693. The van der Waals surface area contributed by atoms with E-state index in [1.807, 2.05) is 0 Å². The van der Waals surface area contributed by atoms with E-state index in [0.717, 1.165) is 12.8 Å². The van der Waals surface area contributed by atoms with E-state index in [2.05, 4.69) is 53.2 Å². The Morgan fingerprint density at radius 3 is 1.20 bits per heavy atom. The van der Waals surface area contributed by atoms with Crippen molar-refractivity contribution in [1.82, 2.24) is 0 Å². The zero-order valence-electron chi connectivity index (χ0n) is 27.1. The summed E-state index contributed by atoms with van der Waals surface area (Å²) in [6.45, 7) is 5.71. The molecule has 238 valence electrons. The van der Waals surface area contributed by atoms with Crippen molar-refractivity contribution in [3.63, 3.8) is 0 Å². The molecule has 0 aromatic carbocycles. The topological polar surface area (TPSA) is 70.3 Å². The molecule has 0 radical (unpaired) electrons. The summed E-state index contributed by atoms with van der Waals surface area (Å²) >= 11 is 0. The standard InChI is InChI=1S/C21H38N.C12H26O4S.ClH.Na/c1-2-3-4-5-6-7-8-9-10-11-12-13-14-16-19-22-20-17-15-18-21-22;1-2-3-4-5-6-7-8-9-10-11-12-16-17(13,14)15;;/h15,17-18,20-21H,2-14,16,19H2,1H3;2-12H2,1H3,(H,13,14,15);1H;/q+1;;;+1/p-2. The van der Waals surface area contributed by atoms with Crippen molar-refractivity contribution >= 4 is 10.4 Å². The quantitative estimate of drug-likeness (QED) is 0.0489. The molecule has 0 spiro atoms. The fourth-order valence-corrected chi connectivity index (χ4v) is 5.14. The number of unbranched alkanes of at least 4 members (excludes halogenated alkanes) is 22. The average molecular weight is 628 g/mol. The van der Waals surface area contributed by atoms with Crippen LogP contribution in [0.4, 0.5) is 0 Å². The van der Waals surface area contributed by atoms with Crippen molar-refractivity contribution in [2.24, 2.45) is 0 Å². The van der Waals surface area contributed by atoms with Gasteiger partial charge in [0.2, 0.25) is 10.4 Å². The van der Waals surface area contributed by atoms with E-state index in [0.29, 0.717) is 6.42 Å². The van der Waals surface area contributed by atoms with E-state index < -0.39 is 10.4 Å². The molecular weight excluding hydrogens is 565 g/mol. The molecule has 0 N–H and O–H groups in total. The normalized spacial score (nSPS) is 10.8. The van der Waals surface area contributed by atoms with Gasteiger partial charge >= 0.3 is 29.6 Å². The summed E-state index contributed by atoms with van der Waals surface area (Å²) in [4.78, 5) is 0. The Labute approximate surface area is 284 Å². The SMILES string of the molecule is CCCCCCCCCCCCCCCC[n+]1ccccc1.CCCCCCCCCCCCOS(=O)(=O)[O-].[Cl-].[Na+]. The van der Waals surface area contributed by atoms with Crippen LogP contribution in [-0.2, 0) is 21.1 Å². The van der Waals surface area contributed by atoms with Crippen LogP contribution in [-0.4, -0.2) is 19.6 Å². The minimum atomic E-state index is -4.48.